The van der Waals surface area contributed by atoms with Crippen molar-refractivity contribution in [3.63, 3.8) is 0 Å². The van der Waals surface area contributed by atoms with Crippen LogP contribution in [0.25, 0.3) is 112 Å². The fourth-order valence-corrected chi connectivity index (χ4v) is 20.6. The number of hydrogen-bond acceptors (Lipinski definition) is 29. The molecule has 4 aliphatic rings. The average molecular weight is 1990 g/mol. The first-order valence-electron chi connectivity index (χ1n) is 48.2. The molecule has 0 spiro atoms. The highest BCUT2D eigenvalue weighted by Crippen LogP contribution is 2.42. The van der Waals surface area contributed by atoms with Gasteiger partial charge in [-0.25, -0.2) is 32.7 Å². The second-order valence-corrected chi connectivity index (χ2v) is 38.8. The lowest BCUT2D eigenvalue weighted by Crippen LogP contribution is -2.44. The fourth-order valence-electron chi connectivity index (χ4n) is 19.4. The van der Waals surface area contributed by atoms with Crippen molar-refractivity contribution in [2.45, 2.75) is 149 Å². The number of rotatable bonds is 22. The second-order valence-electron chi connectivity index (χ2n) is 36.5. The Morgan fingerprint density at radius 1 is 0.336 bits per heavy atom. The molecule has 1 unspecified atom stereocenters. The molecule has 0 bridgehead atoms. The van der Waals surface area contributed by atoms with E-state index < -0.39 is 40.8 Å². The number of likely N-dealkylation sites (tertiary alicyclic amines) is 3. The number of anilines is 4. The number of aromatic nitrogens is 16. The van der Waals surface area contributed by atoms with Crippen molar-refractivity contribution in [2.75, 3.05) is 87.7 Å². The van der Waals surface area contributed by atoms with Crippen LogP contribution in [0.2, 0.25) is 0 Å². The molecule has 38 heteroatoms. The van der Waals surface area contributed by atoms with E-state index in [9.17, 15) is 57.3 Å². The molecular weight excluding hydrogens is 1870 g/mol. The van der Waals surface area contributed by atoms with E-state index in [0.717, 1.165) is 89.5 Å². The lowest BCUT2D eigenvalue weighted by Gasteiger charge is -2.33. The Bertz CT molecular complexity index is 7390. The van der Waals surface area contributed by atoms with E-state index >= 15 is 0 Å². The van der Waals surface area contributed by atoms with Gasteiger partial charge in [0.2, 0.25) is 10.0 Å². The van der Waals surface area contributed by atoms with E-state index in [4.69, 9.17) is 48.0 Å². The quantitative estimate of drug-likeness (QED) is 0.0292. The molecule has 0 radical (unpaired) electrons. The molecule has 4 saturated heterocycles. The number of aliphatic hydroxyl groups is 4. The second kappa shape index (κ2) is 44.5. The number of piperidine rings is 4. The molecule has 752 valence electrons. The van der Waals surface area contributed by atoms with Crippen LogP contribution in [-0.4, -0.2) is 250 Å². The Kier molecular flexibility index (Phi) is 31.3. The van der Waals surface area contributed by atoms with Crippen molar-refractivity contribution >= 4 is 96.7 Å². The number of Topliss-reactive ketones (excluding diaryl/α,β-unsaturated/α-hetero) is 4. The normalized spacial score (nSPS) is 15.2. The van der Waals surface area contributed by atoms with E-state index in [2.05, 4.69) is 40.3 Å². The zero-order valence-electron chi connectivity index (χ0n) is 81.2. The van der Waals surface area contributed by atoms with Crippen LogP contribution in [0, 0.1) is 0 Å². The number of carbonyl (C=O) groups is 7. The van der Waals surface area contributed by atoms with Gasteiger partial charge in [-0.05, 0) is 124 Å². The van der Waals surface area contributed by atoms with Crippen LogP contribution >= 0.6 is 0 Å². The molecule has 16 aromatic rings. The molecule has 16 heterocycles. The summed E-state index contributed by atoms with van der Waals surface area (Å²) in [5.41, 5.74) is 45.8. The summed E-state index contributed by atoms with van der Waals surface area (Å²) >= 11 is 0. The van der Waals surface area contributed by atoms with E-state index in [1.807, 2.05) is 170 Å². The van der Waals surface area contributed by atoms with Gasteiger partial charge in [0.05, 0.1) is 105 Å². The maximum atomic E-state index is 12.6. The van der Waals surface area contributed by atoms with Gasteiger partial charge in [-0.1, -0.05) is 153 Å². The Labute approximate surface area is 842 Å². The van der Waals surface area contributed by atoms with Gasteiger partial charge in [0.1, 0.15) is 35.5 Å². The molecular formula is C108H116N24O13S. The van der Waals surface area contributed by atoms with Crippen molar-refractivity contribution < 1.29 is 62.4 Å². The molecule has 4 aliphatic heterocycles. The molecule has 4 aromatic carbocycles. The molecule has 37 nitrogen and oxygen atoms in total. The molecule has 20 rings (SSSR count). The minimum atomic E-state index is -3.25. The van der Waals surface area contributed by atoms with E-state index in [0.29, 0.717) is 171 Å². The first kappa shape index (κ1) is 103. The first-order valence-corrected chi connectivity index (χ1v) is 49.8. The number of hydrogen-bond donors (Lipinski definition) is 8. The lowest BCUT2D eigenvalue weighted by atomic mass is 9.89. The summed E-state index contributed by atoms with van der Waals surface area (Å²) in [7, 11) is -3.25. The summed E-state index contributed by atoms with van der Waals surface area (Å²) < 4.78 is 32.1. The molecule has 146 heavy (non-hydrogen) atoms. The van der Waals surface area contributed by atoms with Gasteiger partial charge < -0.3 is 58.1 Å². The number of pyridine rings is 4. The van der Waals surface area contributed by atoms with Gasteiger partial charge in [0.25, 0.3) is 17.7 Å². The highest BCUT2D eigenvalue weighted by Gasteiger charge is 2.38. The van der Waals surface area contributed by atoms with Crippen LogP contribution < -0.4 is 22.9 Å². The number of nitrogens with zero attached hydrogens (tertiary/aromatic N) is 20. The standard InChI is InChI=1S/C27H28N6O4.2C27H28N6O3.C26H28N6O3S.CH4/c1-16(35)23-24(18-9-11-32(12-10-18)27(37)22(36)15-34)31-26-20(14-30-33(26)25(23)28)19-7-8-21(29-13-19)17-5-3-2-4-6-17;2*1-16(34)23-24(19-10-12-32(13-11-19)27(36)17(2)35)31-26-21(15-30-33(26)25(23)28)20-8-9-22(29-14-20)18-6-4-3-5-7-18;1-3-36(34,35)31-13-11-19(12-14-31)24-23(17(2)33)25(27)32-26(30-24)21(16-29-32)20-9-10-22(28-15-20)18-7-5-4-6-8-18;/h2-8,13-14,18,22,34,36H,9-12,15,28H2,1H3;2*3-9,14-15,17,19,35H,10-13,28H2,1-2H3;4-10,15-16,19H,3,11-14,27H2,1-2H3;1H4/t22-;17-;;;/m10.../s1. The number of nitrogens with two attached hydrogens (primary N) is 4. The number of sulfonamides is 1. The van der Waals surface area contributed by atoms with Crippen LogP contribution in [-0.2, 0) is 24.4 Å². The van der Waals surface area contributed by atoms with Gasteiger partial charge in [-0.2, -0.15) is 38.5 Å². The molecule has 12 aromatic heterocycles. The Morgan fingerprint density at radius 3 is 0.760 bits per heavy atom. The molecule has 4 fully saturated rings. The van der Waals surface area contributed by atoms with Crippen LogP contribution in [0.5, 0.6) is 0 Å². The summed E-state index contributed by atoms with van der Waals surface area (Å²) in [6.07, 6.45) is 15.1. The topological polar surface area (TPSA) is 524 Å². The SMILES string of the molecule is C.CC(=O)c1c(C2CCN(C(=O)C(C)O)CC2)nc2c(-c3ccc(-c4ccccc4)nc3)cnn2c1N.CC(=O)c1c(C2CCN(C(=O)[C@H](C)O)CC2)nc2c(-c3ccc(-c4ccccc4)nc3)cnn2c1N.CC(=O)c1c(C2CCN(C(=O)[C@H](O)CO)CC2)nc2c(-c3ccc(-c4ccccc4)nc3)cnn2c1N.CCS(=O)(=O)N1CCC(c2nc3c(-c4ccc(-c5ccccc5)nc4)cnn3c(N)c2C(C)=O)CC1. The van der Waals surface area contributed by atoms with Gasteiger partial charge in [-0.3, -0.25) is 53.5 Å². The average Bonchev–Trinajstić information content (AvgIpc) is 1.59. The van der Waals surface area contributed by atoms with E-state index in [-0.39, 0.29) is 95.1 Å². The predicted octanol–water partition coefficient (Wildman–Crippen LogP) is 13.4. The smallest absolute Gasteiger partial charge is 0.253 e. The molecule has 3 amide bonds. The van der Waals surface area contributed by atoms with Gasteiger partial charge >= 0.3 is 0 Å². The summed E-state index contributed by atoms with van der Waals surface area (Å²) in [5.74, 6) is -1.05. The Hall–Kier alpha value is -16.0. The van der Waals surface area contributed by atoms with E-state index in [1.54, 1.807) is 66.3 Å². The van der Waals surface area contributed by atoms with Gasteiger partial charge in [-0.15, -0.1) is 0 Å². The zero-order valence-corrected chi connectivity index (χ0v) is 82.0. The minimum Gasteiger partial charge on any atom is -0.393 e. The summed E-state index contributed by atoms with van der Waals surface area (Å²) in [4.78, 5) is 130. The molecule has 0 aliphatic carbocycles. The zero-order chi connectivity index (χ0) is 102. The van der Waals surface area contributed by atoms with E-state index in [1.165, 1.54) is 68.8 Å². The maximum absolute atomic E-state index is 12.6. The number of benzene rings is 4. The maximum Gasteiger partial charge on any atom is 0.253 e. The number of amides is 3. The van der Waals surface area contributed by atoms with Gasteiger partial charge in [0, 0.05) is 168 Å². The summed E-state index contributed by atoms with van der Waals surface area (Å²) in [5, 5.41) is 55.8. The van der Waals surface area contributed by atoms with Crippen molar-refractivity contribution in [2.24, 2.45) is 0 Å². The minimum absolute atomic E-state index is 0. The number of aliphatic hydroxyl groups excluding tert-OH is 4. The van der Waals surface area contributed by atoms with Crippen molar-refractivity contribution in [1.82, 2.24) is 97.3 Å². The predicted molar refractivity (Wildman–Crippen MR) is 556 cm³/mol. The highest BCUT2D eigenvalue weighted by atomic mass is 32.2. The third-order valence-electron chi connectivity index (χ3n) is 27.2. The van der Waals surface area contributed by atoms with Crippen molar-refractivity contribution in [1.29, 1.82) is 0 Å². The lowest BCUT2D eigenvalue weighted by molar-refractivity contribution is -0.143. The Morgan fingerprint density at radius 2 is 0.562 bits per heavy atom. The number of fused-ring (bicyclic) bond motifs is 4. The molecule has 3 atom stereocenters. The van der Waals surface area contributed by atoms with Crippen molar-refractivity contribution in [3.05, 3.63) is 264 Å². The van der Waals surface area contributed by atoms with Crippen molar-refractivity contribution in [3.8, 4) is 89.5 Å². The Balaban J connectivity index is 0.000000139. The highest BCUT2D eigenvalue weighted by molar-refractivity contribution is 7.89. The van der Waals surface area contributed by atoms with Crippen LogP contribution in [0.1, 0.15) is 195 Å². The largest absolute Gasteiger partial charge is 0.393 e. The summed E-state index contributed by atoms with van der Waals surface area (Å²) in [6, 6.07) is 55.4. The number of nitrogen functional groups attached to an aromatic ring is 4. The fraction of sp³-hybridized carbons (Fsp3) is 0.306. The summed E-state index contributed by atoms with van der Waals surface area (Å²) in [6.45, 7) is 13.3. The monoisotopic (exact) mass is 1990 g/mol. The first-order chi connectivity index (χ1) is 69.9. The van der Waals surface area contributed by atoms with Gasteiger partial charge in [0.15, 0.2) is 51.8 Å². The number of carbonyl (C=O) groups excluding carboxylic acids is 7. The molecule has 12 N–H and O–H groups in total. The molecule has 0 saturated carbocycles. The number of ketones is 4. The third-order valence-corrected chi connectivity index (χ3v) is 29.1. The van der Waals surface area contributed by atoms with Crippen LogP contribution in [0.4, 0.5) is 23.3 Å². The third kappa shape index (κ3) is 21.3. The van der Waals surface area contributed by atoms with Crippen LogP contribution in [0.3, 0.4) is 0 Å². The van der Waals surface area contributed by atoms with Crippen LogP contribution in [0.15, 0.2) is 219 Å².